The van der Waals surface area contributed by atoms with Crippen LogP contribution in [0, 0.1) is 5.82 Å². The smallest absolute Gasteiger partial charge is 0.274 e. The van der Waals surface area contributed by atoms with Crippen molar-refractivity contribution < 1.29 is 14.3 Å². The normalized spacial score (nSPS) is 10.9. The van der Waals surface area contributed by atoms with E-state index in [9.17, 15) is 14.3 Å². The summed E-state index contributed by atoms with van der Waals surface area (Å²) < 4.78 is 13.0. The van der Waals surface area contributed by atoms with Crippen LogP contribution in [0.1, 0.15) is 21.7 Å². The third-order valence-corrected chi connectivity index (χ3v) is 4.26. The molecule has 0 aliphatic rings. The molecule has 1 aromatic carbocycles. The summed E-state index contributed by atoms with van der Waals surface area (Å²) in [6.07, 6.45) is 2.11. The molecular weight excluding hydrogens is 361 g/mol. The Balaban J connectivity index is 1.83. The average molecular weight is 383 g/mol. The minimum Gasteiger partial charge on any atom is -0.504 e. The molecule has 0 aliphatic heterocycles. The number of rotatable bonds is 8. The Morgan fingerprint density at radius 3 is 2.71 bits per heavy atom. The second-order valence-electron chi connectivity index (χ2n) is 6.25. The van der Waals surface area contributed by atoms with Crippen molar-refractivity contribution in [2.75, 3.05) is 19.6 Å². The van der Waals surface area contributed by atoms with Crippen LogP contribution < -0.4 is 16.4 Å². The predicted octanol–water partition coefficient (Wildman–Crippen LogP) is 1.50. The molecule has 2 heterocycles. The number of nitrogens with zero attached hydrogens (tertiary/aromatic N) is 2. The van der Waals surface area contributed by atoms with E-state index in [1.807, 2.05) is 6.07 Å². The molecule has 0 bridgehead atoms. The molecule has 2 aromatic heterocycles. The van der Waals surface area contributed by atoms with Crippen LogP contribution in [0.25, 0.3) is 10.9 Å². The lowest BCUT2D eigenvalue weighted by molar-refractivity contribution is 0.0943. The molecule has 0 saturated heterocycles. The third kappa shape index (κ3) is 4.59. The molecule has 0 spiro atoms. The van der Waals surface area contributed by atoms with Gasteiger partial charge in [0, 0.05) is 44.2 Å². The Bertz CT molecular complexity index is 963. The van der Waals surface area contributed by atoms with Gasteiger partial charge in [-0.15, -0.1) is 0 Å². The van der Waals surface area contributed by atoms with Crippen molar-refractivity contribution in [3.05, 3.63) is 65.4 Å². The molecule has 5 N–H and O–H groups in total. The first-order chi connectivity index (χ1) is 13.6. The second kappa shape index (κ2) is 9.20. The quantitative estimate of drug-likeness (QED) is 0.439. The van der Waals surface area contributed by atoms with Gasteiger partial charge < -0.3 is 21.5 Å². The zero-order chi connectivity index (χ0) is 19.9. The summed E-state index contributed by atoms with van der Waals surface area (Å²) in [6, 6.07) is 9.38. The van der Waals surface area contributed by atoms with Crippen LogP contribution in [-0.2, 0) is 13.0 Å². The van der Waals surface area contributed by atoms with Crippen LogP contribution in [0.15, 0.2) is 42.6 Å². The van der Waals surface area contributed by atoms with Crippen molar-refractivity contribution in [1.29, 1.82) is 0 Å². The summed E-state index contributed by atoms with van der Waals surface area (Å²) in [4.78, 5) is 21.2. The van der Waals surface area contributed by atoms with Crippen LogP contribution >= 0.6 is 0 Å². The van der Waals surface area contributed by atoms with Crippen molar-refractivity contribution in [1.82, 2.24) is 20.6 Å². The van der Waals surface area contributed by atoms with Gasteiger partial charge in [0.2, 0.25) is 0 Å². The fraction of sp³-hybridized carbons (Fsp3) is 0.250. The van der Waals surface area contributed by atoms with E-state index in [0.29, 0.717) is 42.7 Å². The zero-order valence-electron chi connectivity index (χ0n) is 15.3. The molecule has 1 amide bonds. The van der Waals surface area contributed by atoms with Crippen LogP contribution in [0.2, 0.25) is 0 Å². The minimum atomic E-state index is -0.523. The highest BCUT2D eigenvalue weighted by atomic mass is 19.1. The number of hydrogen-bond donors (Lipinski definition) is 4. The predicted molar refractivity (Wildman–Crippen MR) is 104 cm³/mol. The number of benzene rings is 1. The first-order valence-corrected chi connectivity index (χ1v) is 9.00. The van der Waals surface area contributed by atoms with Crippen molar-refractivity contribution in [2.45, 2.75) is 13.0 Å². The number of nitrogens with one attached hydrogen (secondary N) is 2. The number of hydrogen-bond acceptors (Lipinski definition) is 6. The number of amides is 1. The summed E-state index contributed by atoms with van der Waals surface area (Å²) in [5, 5.41) is 17.1. The van der Waals surface area contributed by atoms with Gasteiger partial charge in [0.05, 0.1) is 5.69 Å². The first kappa shape index (κ1) is 19.7. The lowest BCUT2D eigenvalue weighted by Gasteiger charge is -2.12. The van der Waals surface area contributed by atoms with Gasteiger partial charge in [-0.05, 0) is 29.8 Å². The maximum absolute atomic E-state index is 13.0. The number of carbonyl (C=O) groups excluding carboxylic acids is 1. The van der Waals surface area contributed by atoms with Gasteiger partial charge in [0.1, 0.15) is 11.3 Å². The molecule has 3 aromatic rings. The molecule has 0 aliphatic carbocycles. The first-order valence-electron chi connectivity index (χ1n) is 9.00. The SMILES string of the molecule is NCCNCCc1nc(C(=O)NCc2ccc(F)cc2)c(O)c2ncccc12. The maximum Gasteiger partial charge on any atom is 0.274 e. The van der Waals surface area contributed by atoms with E-state index >= 15 is 0 Å². The molecule has 0 atom stereocenters. The van der Waals surface area contributed by atoms with Crippen LogP contribution in [-0.4, -0.2) is 40.6 Å². The Morgan fingerprint density at radius 1 is 1.18 bits per heavy atom. The average Bonchev–Trinajstić information content (AvgIpc) is 2.72. The third-order valence-electron chi connectivity index (χ3n) is 4.26. The summed E-state index contributed by atoms with van der Waals surface area (Å²) in [5.74, 6) is -1.13. The van der Waals surface area contributed by atoms with Gasteiger partial charge in [-0.25, -0.2) is 9.37 Å². The van der Waals surface area contributed by atoms with Crippen molar-refractivity contribution in [3.63, 3.8) is 0 Å². The number of aromatic nitrogens is 2. The lowest BCUT2D eigenvalue weighted by Crippen LogP contribution is -2.26. The topological polar surface area (TPSA) is 113 Å². The van der Waals surface area contributed by atoms with E-state index in [-0.39, 0.29) is 23.8 Å². The summed E-state index contributed by atoms with van der Waals surface area (Å²) in [7, 11) is 0. The number of fused-ring (bicyclic) bond motifs is 1. The number of carbonyl (C=O) groups is 1. The van der Waals surface area contributed by atoms with E-state index < -0.39 is 5.91 Å². The molecule has 0 unspecified atom stereocenters. The van der Waals surface area contributed by atoms with E-state index in [0.717, 1.165) is 5.56 Å². The number of pyridine rings is 2. The zero-order valence-corrected chi connectivity index (χ0v) is 15.3. The molecular formula is C20H22FN5O2. The Morgan fingerprint density at radius 2 is 1.96 bits per heavy atom. The highest BCUT2D eigenvalue weighted by molar-refractivity contribution is 6.01. The van der Waals surface area contributed by atoms with Gasteiger partial charge in [-0.3, -0.25) is 9.78 Å². The van der Waals surface area contributed by atoms with Crippen molar-refractivity contribution in [2.24, 2.45) is 5.73 Å². The van der Waals surface area contributed by atoms with Crippen LogP contribution in [0.4, 0.5) is 4.39 Å². The van der Waals surface area contributed by atoms with Gasteiger partial charge >= 0.3 is 0 Å². The van der Waals surface area contributed by atoms with E-state index in [2.05, 4.69) is 20.6 Å². The number of aromatic hydroxyl groups is 1. The summed E-state index contributed by atoms with van der Waals surface area (Å²) in [6.45, 7) is 2.03. The number of halogens is 1. The largest absolute Gasteiger partial charge is 0.504 e. The van der Waals surface area contributed by atoms with Crippen molar-refractivity contribution >= 4 is 16.8 Å². The summed E-state index contributed by atoms with van der Waals surface area (Å²) in [5.41, 5.74) is 7.13. The van der Waals surface area contributed by atoms with E-state index in [1.54, 1.807) is 24.4 Å². The van der Waals surface area contributed by atoms with Crippen molar-refractivity contribution in [3.8, 4) is 5.75 Å². The molecule has 0 saturated carbocycles. The Labute approximate surface area is 161 Å². The number of nitrogens with two attached hydrogens (primary N) is 1. The standard InChI is InChI=1S/C20H22FN5O2/c21-14-5-3-13(4-6-14)12-25-20(28)18-19(27)17-15(2-1-9-24-17)16(26-18)7-10-23-11-8-22/h1-6,9,23,27H,7-8,10-12,22H2,(H,25,28). The summed E-state index contributed by atoms with van der Waals surface area (Å²) >= 11 is 0. The van der Waals surface area contributed by atoms with E-state index in [4.69, 9.17) is 5.73 Å². The monoisotopic (exact) mass is 383 g/mol. The molecule has 7 nitrogen and oxygen atoms in total. The highest BCUT2D eigenvalue weighted by Crippen LogP contribution is 2.28. The van der Waals surface area contributed by atoms with Gasteiger partial charge in [0.25, 0.3) is 5.91 Å². The molecule has 8 heteroatoms. The van der Waals surface area contributed by atoms with Gasteiger partial charge in [-0.1, -0.05) is 12.1 Å². The fourth-order valence-corrected chi connectivity index (χ4v) is 2.84. The molecule has 0 radical (unpaired) electrons. The minimum absolute atomic E-state index is 0.0814. The van der Waals surface area contributed by atoms with Gasteiger partial charge in [-0.2, -0.15) is 0 Å². The second-order valence-corrected chi connectivity index (χ2v) is 6.25. The maximum atomic E-state index is 13.0. The fourth-order valence-electron chi connectivity index (χ4n) is 2.84. The lowest BCUT2D eigenvalue weighted by atomic mass is 10.1. The molecule has 0 fully saturated rings. The van der Waals surface area contributed by atoms with Gasteiger partial charge in [0.15, 0.2) is 11.4 Å². The van der Waals surface area contributed by atoms with Crippen LogP contribution in [0.3, 0.4) is 0 Å². The Hall–Kier alpha value is -3.10. The highest BCUT2D eigenvalue weighted by Gasteiger charge is 2.19. The molecule has 146 valence electrons. The Kier molecular flexibility index (Phi) is 6.46. The molecule has 3 rings (SSSR count). The van der Waals surface area contributed by atoms with Crippen LogP contribution in [0.5, 0.6) is 5.75 Å². The molecule has 28 heavy (non-hydrogen) atoms. The van der Waals surface area contributed by atoms with E-state index in [1.165, 1.54) is 12.1 Å².